The standard InChI is InChI=1S/C62H44N4S2/c1-3-11-43(12-4-1)45-19-31-51(32-20-45)65(55-39-27-49(28-40-55)61-63-57-15-7-9-17-59(57)67-61)53-35-23-47(24-36-53)48-25-37-54(38-26-48)66(52-33-21-46(22-34-52)44-13-5-2-6-14-44)56-41-29-50(30-42-56)62-64-58-16-8-10-18-60(58)68-62/h1,3-5,7-42H,2,6H2. The summed E-state index contributed by atoms with van der Waals surface area (Å²) < 4.78 is 2.39. The molecule has 0 saturated carbocycles. The van der Waals surface area contributed by atoms with Gasteiger partial charge < -0.3 is 9.80 Å². The quantitative estimate of drug-likeness (QED) is 0.129. The number of hydrogen-bond donors (Lipinski definition) is 0. The summed E-state index contributed by atoms with van der Waals surface area (Å²) in [7, 11) is 0. The second-order valence-corrected chi connectivity index (χ2v) is 19.0. The number of thiazole rings is 2. The van der Waals surface area contributed by atoms with Gasteiger partial charge in [0.15, 0.2) is 0 Å². The molecule has 0 spiro atoms. The summed E-state index contributed by atoms with van der Waals surface area (Å²) in [6.45, 7) is 0. The number of nitrogens with zero attached hydrogens (tertiary/aromatic N) is 4. The Hall–Kier alpha value is -8.16. The van der Waals surface area contributed by atoms with Crippen molar-refractivity contribution in [3.05, 3.63) is 248 Å². The fourth-order valence-electron chi connectivity index (χ4n) is 9.06. The first-order valence-corrected chi connectivity index (χ1v) is 24.7. The van der Waals surface area contributed by atoms with Gasteiger partial charge in [0.1, 0.15) is 10.0 Å². The van der Waals surface area contributed by atoms with Gasteiger partial charge in [0.2, 0.25) is 0 Å². The normalized spacial score (nSPS) is 12.3. The molecule has 324 valence electrons. The number of rotatable bonds is 11. The van der Waals surface area contributed by atoms with Gasteiger partial charge in [-0.25, -0.2) is 9.97 Å². The zero-order valence-corrected chi connectivity index (χ0v) is 38.7. The monoisotopic (exact) mass is 908 g/mol. The summed E-state index contributed by atoms with van der Waals surface area (Å²) in [5, 5.41) is 2.05. The van der Waals surface area contributed by atoms with E-state index in [9.17, 15) is 0 Å². The van der Waals surface area contributed by atoms with Crippen LogP contribution in [0.1, 0.15) is 18.4 Å². The van der Waals surface area contributed by atoms with Crippen LogP contribution in [-0.2, 0) is 0 Å². The summed E-state index contributed by atoms with van der Waals surface area (Å²) in [4.78, 5) is 14.5. The number of anilines is 6. The topological polar surface area (TPSA) is 32.3 Å². The molecule has 1 aliphatic carbocycles. The van der Waals surface area contributed by atoms with Gasteiger partial charge in [-0.1, -0.05) is 121 Å². The van der Waals surface area contributed by atoms with E-state index in [0.717, 1.165) is 90.3 Å². The molecule has 9 aromatic carbocycles. The van der Waals surface area contributed by atoms with Crippen molar-refractivity contribution in [1.29, 1.82) is 0 Å². The van der Waals surface area contributed by atoms with E-state index in [1.54, 1.807) is 22.7 Å². The maximum Gasteiger partial charge on any atom is 0.124 e. The molecule has 0 amide bonds. The van der Waals surface area contributed by atoms with E-state index < -0.39 is 0 Å². The van der Waals surface area contributed by atoms with E-state index in [1.807, 2.05) is 12.1 Å². The number of para-hydroxylation sites is 2. The van der Waals surface area contributed by atoms with Gasteiger partial charge in [-0.3, -0.25) is 0 Å². The van der Waals surface area contributed by atoms with Gasteiger partial charge in [-0.15, -0.1) is 22.7 Å². The third kappa shape index (κ3) is 8.32. The zero-order valence-electron chi connectivity index (χ0n) is 37.1. The minimum absolute atomic E-state index is 1.02. The minimum atomic E-state index is 1.02. The predicted octanol–water partition coefficient (Wildman–Crippen LogP) is 18.2. The first-order chi connectivity index (χ1) is 33.7. The van der Waals surface area contributed by atoms with Gasteiger partial charge >= 0.3 is 0 Å². The number of fused-ring (bicyclic) bond motifs is 2. The van der Waals surface area contributed by atoms with Crippen LogP contribution in [0.15, 0.2) is 243 Å². The van der Waals surface area contributed by atoms with E-state index >= 15 is 0 Å². The maximum atomic E-state index is 4.94. The molecule has 0 aliphatic heterocycles. The molecule has 6 heteroatoms. The first-order valence-electron chi connectivity index (χ1n) is 23.0. The molecule has 11 aromatic rings. The van der Waals surface area contributed by atoms with Crippen molar-refractivity contribution < 1.29 is 0 Å². The number of benzene rings is 9. The van der Waals surface area contributed by atoms with Gasteiger partial charge in [0.25, 0.3) is 0 Å². The van der Waals surface area contributed by atoms with Crippen LogP contribution >= 0.6 is 22.7 Å². The molecule has 68 heavy (non-hydrogen) atoms. The third-order valence-electron chi connectivity index (χ3n) is 12.6. The molecule has 0 fully saturated rings. The largest absolute Gasteiger partial charge is 0.311 e. The third-order valence-corrected chi connectivity index (χ3v) is 14.8. The van der Waals surface area contributed by atoms with Crippen LogP contribution in [0, 0.1) is 0 Å². The van der Waals surface area contributed by atoms with E-state index in [4.69, 9.17) is 9.97 Å². The fraction of sp³-hybridized carbons (Fsp3) is 0.0323. The van der Waals surface area contributed by atoms with Crippen LogP contribution in [-0.4, -0.2) is 9.97 Å². The van der Waals surface area contributed by atoms with Crippen molar-refractivity contribution in [1.82, 2.24) is 9.97 Å². The van der Waals surface area contributed by atoms with E-state index in [-0.39, 0.29) is 0 Å². The van der Waals surface area contributed by atoms with Crippen molar-refractivity contribution in [2.24, 2.45) is 0 Å². The summed E-state index contributed by atoms with van der Waals surface area (Å²) in [6, 6.07) is 80.5. The smallest absolute Gasteiger partial charge is 0.124 e. The molecule has 0 bridgehead atoms. The van der Waals surface area contributed by atoms with Crippen LogP contribution in [0.2, 0.25) is 0 Å². The number of aromatic nitrogens is 2. The Kier molecular flexibility index (Phi) is 11.1. The van der Waals surface area contributed by atoms with Crippen molar-refractivity contribution >= 4 is 82.8 Å². The second-order valence-electron chi connectivity index (χ2n) is 16.9. The minimum Gasteiger partial charge on any atom is -0.311 e. The van der Waals surface area contributed by atoms with Gasteiger partial charge in [-0.2, -0.15) is 0 Å². The number of hydrogen-bond acceptors (Lipinski definition) is 6. The summed E-state index contributed by atoms with van der Waals surface area (Å²) in [5.41, 5.74) is 18.0. The Balaban J connectivity index is 0.854. The van der Waals surface area contributed by atoms with E-state index in [2.05, 4.69) is 240 Å². The average molecular weight is 909 g/mol. The molecule has 0 atom stereocenters. The predicted molar refractivity (Wildman–Crippen MR) is 290 cm³/mol. The Morgan fingerprint density at radius 2 is 0.647 bits per heavy atom. The lowest BCUT2D eigenvalue weighted by molar-refractivity contribution is 1.04. The van der Waals surface area contributed by atoms with Crippen molar-refractivity contribution in [3.8, 4) is 43.4 Å². The van der Waals surface area contributed by atoms with E-state index in [1.165, 1.54) is 31.7 Å². The Bertz CT molecular complexity index is 3510. The van der Waals surface area contributed by atoms with Crippen LogP contribution in [0.3, 0.4) is 0 Å². The summed E-state index contributed by atoms with van der Waals surface area (Å²) in [5.74, 6) is 0. The van der Waals surface area contributed by atoms with Crippen LogP contribution < -0.4 is 9.80 Å². The van der Waals surface area contributed by atoms with Crippen molar-refractivity contribution in [2.45, 2.75) is 12.8 Å². The highest BCUT2D eigenvalue weighted by Gasteiger charge is 2.17. The highest BCUT2D eigenvalue weighted by molar-refractivity contribution is 7.22. The Morgan fingerprint density at radius 1 is 0.309 bits per heavy atom. The molecule has 2 heterocycles. The lowest BCUT2D eigenvalue weighted by Gasteiger charge is -2.27. The Labute approximate surface area is 404 Å². The average Bonchev–Trinajstić information content (AvgIpc) is 4.06. The van der Waals surface area contributed by atoms with Crippen molar-refractivity contribution in [2.75, 3.05) is 9.80 Å². The van der Waals surface area contributed by atoms with Gasteiger partial charge in [0, 0.05) is 45.3 Å². The molecule has 0 saturated heterocycles. The first kappa shape index (κ1) is 41.3. The molecule has 0 N–H and O–H groups in total. The highest BCUT2D eigenvalue weighted by Crippen LogP contribution is 2.41. The highest BCUT2D eigenvalue weighted by atomic mass is 32.1. The molecule has 4 nitrogen and oxygen atoms in total. The lowest BCUT2D eigenvalue weighted by atomic mass is 9.99. The van der Waals surface area contributed by atoms with E-state index in [0.29, 0.717) is 0 Å². The zero-order chi connectivity index (χ0) is 45.2. The fourth-order valence-corrected chi connectivity index (χ4v) is 11.0. The van der Waals surface area contributed by atoms with Crippen LogP contribution in [0.4, 0.5) is 34.1 Å². The second kappa shape index (κ2) is 18.3. The summed E-state index contributed by atoms with van der Waals surface area (Å²) >= 11 is 3.46. The maximum absolute atomic E-state index is 4.94. The van der Waals surface area contributed by atoms with Gasteiger partial charge in [-0.05, 0) is 168 Å². The van der Waals surface area contributed by atoms with Crippen LogP contribution in [0.25, 0.3) is 69.4 Å². The van der Waals surface area contributed by atoms with Crippen LogP contribution in [0.5, 0.6) is 0 Å². The molecule has 12 rings (SSSR count). The molecular formula is C62H44N4S2. The molecule has 0 unspecified atom stereocenters. The Morgan fingerprint density at radius 3 is 1.01 bits per heavy atom. The summed E-state index contributed by atoms with van der Waals surface area (Å²) in [6.07, 6.45) is 9.03. The molecular weight excluding hydrogens is 865 g/mol. The molecule has 2 aromatic heterocycles. The molecule has 1 aliphatic rings. The van der Waals surface area contributed by atoms with Crippen molar-refractivity contribution in [3.63, 3.8) is 0 Å². The number of allylic oxidation sites excluding steroid dienone is 4. The SMILES string of the molecule is C1=CC(c2ccc(N(c3ccc(-c4ccc(N(c5ccc(-c6ccccc6)cc5)c5ccc(-c6nc7ccccc7s6)cc5)cc4)cc3)c3ccc(-c4nc5ccccc5s4)cc3)cc2)=CCC1. The van der Waals surface area contributed by atoms with Gasteiger partial charge in [0.05, 0.1) is 20.4 Å². The molecule has 0 radical (unpaired) electrons. The lowest BCUT2D eigenvalue weighted by Crippen LogP contribution is -2.10.